The van der Waals surface area contributed by atoms with Gasteiger partial charge in [0, 0.05) is 5.54 Å². The summed E-state index contributed by atoms with van der Waals surface area (Å²) < 4.78 is 26.4. The first-order valence-electron chi connectivity index (χ1n) is 5.06. The molecule has 0 amide bonds. The molecule has 0 aliphatic rings. The second kappa shape index (κ2) is 4.85. The molecule has 6 heteroatoms. The molecule has 0 unspecified atom stereocenters. The molecule has 0 fully saturated rings. The normalized spacial score (nSPS) is 13.1. The van der Waals surface area contributed by atoms with Gasteiger partial charge in [-0.2, -0.15) is 0 Å². The van der Waals surface area contributed by atoms with Crippen LogP contribution in [0.5, 0.6) is 0 Å². The fourth-order valence-electron chi connectivity index (χ4n) is 1.26. The minimum atomic E-state index is -3.51. The molecule has 0 aliphatic carbocycles. The van der Waals surface area contributed by atoms with E-state index in [1.165, 1.54) is 18.3 Å². The van der Waals surface area contributed by atoms with Crippen LogP contribution in [0.4, 0.5) is 0 Å². The second-order valence-corrected chi connectivity index (χ2v) is 6.35. The van der Waals surface area contributed by atoms with Gasteiger partial charge in [0.1, 0.15) is 0 Å². The lowest BCUT2D eigenvalue weighted by Gasteiger charge is -2.20. The van der Waals surface area contributed by atoms with Crippen molar-refractivity contribution in [1.82, 2.24) is 4.72 Å². The van der Waals surface area contributed by atoms with Gasteiger partial charge in [0.25, 0.3) is 0 Å². The molecule has 5 nitrogen and oxygen atoms in total. The molecule has 0 saturated heterocycles. The van der Waals surface area contributed by atoms with Gasteiger partial charge < -0.3 is 5.21 Å². The Labute approximate surface area is 101 Å². The number of hydrogen-bond donors (Lipinski definition) is 2. The molecule has 17 heavy (non-hydrogen) atoms. The first kappa shape index (κ1) is 13.7. The van der Waals surface area contributed by atoms with E-state index in [0.29, 0.717) is 5.56 Å². The second-order valence-electron chi connectivity index (χ2n) is 4.67. The predicted molar refractivity (Wildman–Crippen MR) is 65.9 cm³/mol. The average Bonchev–Trinajstić information content (AvgIpc) is 2.15. The van der Waals surface area contributed by atoms with Crippen molar-refractivity contribution in [2.75, 3.05) is 0 Å². The van der Waals surface area contributed by atoms with Crippen molar-refractivity contribution in [3.05, 3.63) is 29.8 Å². The van der Waals surface area contributed by atoms with Gasteiger partial charge in [-0.1, -0.05) is 17.3 Å². The van der Waals surface area contributed by atoms with E-state index in [-0.39, 0.29) is 4.90 Å². The zero-order valence-electron chi connectivity index (χ0n) is 10.0. The molecule has 1 aromatic rings. The third-order valence-electron chi connectivity index (χ3n) is 1.84. The zero-order valence-corrected chi connectivity index (χ0v) is 10.8. The lowest BCUT2D eigenvalue weighted by atomic mass is 10.1. The maximum atomic E-state index is 11.9. The fraction of sp³-hybridized carbons (Fsp3) is 0.364. The fourth-order valence-corrected chi connectivity index (χ4v) is 2.68. The summed E-state index contributed by atoms with van der Waals surface area (Å²) in [5.41, 5.74) is 0.103. The van der Waals surface area contributed by atoms with Crippen molar-refractivity contribution >= 4 is 16.2 Å². The molecule has 2 N–H and O–H groups in total. The van der Waals surface area contributed by atoms with Crippen LogP contribution in [-0.4, -0.2) is 25.4 Å². The van der Waals surface area contributed by atoms with E-state index in [2.05, 4.69) is 9.88 Å². The largest absolute Gasteiger partial charge is 0.411 e. The Bertz CT molecular complexity index is 499. The van der Waals surface area contributed by atoms with Crippen molar-refractivity contribution < 1.29 is 13.6 Å². The van der Waals surface area contributed by atoms with Gasteiger partial charge in [-0.05, 0) is 38.5 Å². The maximum absolute atomic E-state index is 11.9. The predicted octanol–water partition coefficient (Wildman–Crippen LogP) is 1.57. The van der Waals surface area contributed by atoms with Gasteiger partial charge in [-0.15, -0.1) is 0 Å². The van der Waals surface area contributed by atoms with Crippen molar-refractivity contribution in [1.29, 1.82) is 0 Å². The van der Waals surface area contributed by atoms with Crippen molar-refractivity contribution in [2.45, 2.75) is 31.2 Å². The smallest absolute Gasteiger partial charge is 0.241 e. The van der Waals surface area contributed by atoms with Crippen LogP contribution in [0.25, 0.3) is 0 Å². The topological polar surface area (TPSA) is 78.8 Å². The van der Waals surface area contributed by atoms with E-state index >= 15 is 0 Å². The van der Waals surface area contributed by atoms with Gasteiger partial charge in [0.05, 0.1) is 11.1 Å². The van der Waals surface area contributed by atoms with Crippen LogP contribution >= 0.6 is 0 Å². The Balaban J connectivity index is 3.01. The van der Waals surface area contributed by atoms with Gasteiger partial charge in [0.15, 0.2) is 0 Å². The third-order valence-corrected chi connectivity index (χ3v) is 3.61. The van der Waals surface area contributed by atoms with Gasteiger partial charge in [-0.3, -0.25) is 0 Å². The van der Waals surface area contributed by atoms with Crippen LogP contribution in [0.1, 0.15) is 26.3 Å². The summed E-state index contributed by atoms with van der Waals surface area (Å²) in [5, 5.41) is 11.2. The molecule has 1 aromatic carbocycles. The Morgan fingerprint density at radius 3 is 2.18 bits per heavy atom. The summed E-state index contributed by atoms with van der Waals surface area (Å²) in [5.74, 6) is 0. The summed E-state index contributed by atoms with van der Waals surface area (Å²) in [6.45, 7) is 5.33. The lowest BCUT2D eigenvalue weighted by molar-refractivity contribution is 0.322. The highest BCUT2D eigenvalue weighted by molar-refractivity contribution is 7.89. The van der Waals surface area contributed by atoms with E-state index < -0.39 is 15.6 Å². The van der Waals surface area contributed by atoms with E-state index in [9.17, 15) is 8.42 Å². The molecule has 1 rings (SSSR count). The van der Waals surface area contributed by atoms with Gasteiger partial charge >= 0.3 is 0 Å². The summed E-state index contributed by atoms with van der Waals surface area (Å²) >= 11 is 0. The molecule has 0 bridgehead atoms. The lowest BCUT2D eigenvalue weighted by Crippen LogP contribution is -2.40. The van der Waals surface area contributed by atoms with Crippen LogP contribution in [0.3, 0.4) is 0 Å². The molecule has 0 heterocycles. The monoisotopic (exact) mass is 256 g/mol. The Kier molecular flexibility index (Phi) is 3.90. The van der Waals surface area contributed by atoms with Gasteiger partial charge in [0.2, 0.25) is 10.0 Å². The first-order chi connectivity index (χ1) is 7.74. The maximum Gasteiger partial charge on any atom is 0.241 e. The number of rotatable bonds is 3. The molecule has 94 valence electrons. The van der Waals surface area contributed by atoms with Crippen LogP contribution in [0.2, 0.25) is 0 Å². The summed E-state index contributed by atoms with van der Waals surface area (Å²) in [6, 6.07) is 6.06. The number of benzene rings is 1. The number of hydrogen-bond acceptors (Lipinski definition) is 4. The first-order valence-corrected chi connectivity index (χ1v) is 6.54. The molecule has 0 spiro atoms. The number of sulfonamides is 1. The van der Waals surface area contributed by atoms with Crippen molar-refractivity contribution in [2.24, 2.45) is 5.16 Å². The molecule has 0 aliphatic heterocycles. The quantitative estimate of drug-likeness (QED) is 0.489. The number of oxime groups is 1. The van der Waals surface area contributed by atoms with Crippen LogP contribution in [0, 0.1) is 0 Å². The van der Waals surface area contributed by atoms with E-state index in [4.69, 9.17) is 5.21 Å². The summed E-state index contributed by atoms with van der Waals surface area (Å²) in [4.78, 5) is 0.183. The van der Waals surface area contributed by atoms with E-state index in [1.54, 1.807) is 32.9 Å². The zero-order chi connectivity index (χ0) is 13.1. The molecule has 0 radical (unpaired) electrons. The molecule has 0 aromatic heterocycles. The summed E-state index contributed by atoms with van der Waals surface area (Å²) in [7, 11) is -3.51. The van der Waals surface area contributed by atoms with Crippen LogP contribution < -0.4 is 4.72 Å². The highest BCUT2D eigenvalue weighted by Gasteiger charge is 2.21. The van der Waals surface area contributed by atoms with E-state index in [0.717, 1.165) is 0 Å². The minimum Gasteiger partial charge on any atom is -0.411 e. The van der Waals surface area contributed by atoms with Gasteiger partial charge in [-0.25, -0.2) is 13.1 Å². The molecule has 0 saturated carbocycles. The van der Waals surface area contributed by atoms with E-state index in [1.807, 2.05) is 0 Å². The van der Waals surface area contributed by atoms with Crippen LogP contribution in [0.15, 0.2) is 34.3 Å². The molecular weight excluding hydrogens is 240 g/mol. The third kappa shape index (κ3) is 4.16. The Hall–Kier alpha value is -1.40. The average molecular weight is 256 g/mol. The number of nitrogens with zero attached hydrogens (tertiary/aromatic N) is 1. The number of nitrogens with one attached hydrogen (secondary N) is 1. The Morgan fingerprint density at radius 1 is 1.24 bits per heavy atom. The molecular formula is C11H16N2O3S. The van der Waals surface area contributed by atoms with Crippen molar-refractivity contribution in [3.8, 4) is 0 Å². The highest BCUT2D eigenvalue weighted by Crippen LogP contribution is 2.13. The highest BCUT2D eigenvalue weighted by atomic mass is 32.2. The standard InChI is InChI=1S/C11H16N2O3S/c1-11(2,3)13-17(15,16)10-6-4-9(5-7-10)8-12-14/h4-8,13-14H,1-3H3/b12-8-. The SMILES string of the molecule is CC(C)(C)NS(=O)(=O)c1ccc(/C=N\O)cc1. The van der Waals surface area contributed by atoms with Crippen LogP contribution in [-0.2, 0) is 10.0 Å². The molecule has 0 atom stereocenters. The minimum absolute atomic E-state index is 0.183. The van der Waals surface area contributed by atoms with Crippen molar-refractivity contribution in [3.63, 3.8) is 0 Å². The Morgan fingerprint density at radius 2 is 1.76 bits per heavy atom. The summed E-state index contributed by atoms with van der Waals surface area (Å²) in [6.07, 6.45) is 1.23.